The van der Waals surface area contributed by atoms with Gasteiger partial charge < -0.3 is 19.5 Å². The molecule has 0 aliphatic carbocycles. The van der Waals surface area contributed by atoms with Gasteiger partial charge in [-0.15, -0.1) is 0 Å². The molecular formula is C22H27N3O4S. The van der Waals surface area contributed by atoms with E-state index in [1.54, 1.807) is 48.7 Å². The van der Waals surface area contributed by atoms with Crippen LogP contribution in [0.5, 0.6) is 17.2 Å². The highest BCUT2D eigenvalue weighted by molar-refractivity contribution is 7.80. The molecule has 160 valence electrons. The van der Waals surface area contributed by atoms with E-state index in [1.807, 2.05) is 6.92 Å². The minimum atomic E-state index is -0.479. The van der Waals surface area contributed by atoms with Crippen LogP contribution in [-0.2, 0) is 0 Å². The van der Waals surface area contributed by atoms with Crippen molar-refractivity contribution in [3.63, 3.8) is 0 Å². The second-order valence-electron chi connectivity index (χ2n) is 6.26. The van der Waals surface area contributed by atoms with Crippen molar-refractivity contribution in [2.24, 2.45) is 5.10 Å². The van der Waals surface area contributed by atoms with Crippen LogP contribution in [0.1, 0.15) is 42.6 Å². The first-order valence-electron chi connectivity index (χ1n) is 9.77. The maximum Gasteiger partial charge on any atom is 0.343 e. The average Bonchev–Trinajstić information content (AvgIpc) is 2.75. The maximum absolute atomic E-state index is 12.5. The van der Waals surface area contributed by atoms with Gasteiger partial charge in [0.05, 0.1) is 25.5 Å². The lowest BCUT2D eigenvalue weighted by Crippen LogP contribution is -2.31. The predicted octanol–water partition coefficient (Wildman–Crippen LogP) is 3.91. The summed E-state index contributed by atoms with van der Waals surface area (Å²) in [5.74, 6) is 0.982. The molecule has 0 unspecified atom stereocenters. The van der Waals surface area contributed by atoms with Crippen LogP contribution in [0.3, 0.4) is 0 Å². The van der Waals surface area contributed by atoms with Crippen molar-refractivity contribution >= 4 is 29.5 Å². The van der Waals surface area contributed by atoms with E-state index in [1.165, 1.54) is 7.11 Å². The molecule has 0 aliphatic heterocycles. The first-order chi connectivity index (χ1) is 14.6. The standard InChI is InChI=1S/C22H27N3O4S/c1-4-6-13-28-18-10-8-17(9-11-18)21(26)29-19-12-7-16(14-20(19)27-3)15-24-25-22(30)23-5-2/h7-12,14-15H,4-6,13H2,1-3H3,(H2,23,25,30). The van der Waals surface area contributed by atoms with E-state index in [4.69, 9.17) is 26.4 Å². The second-order valence-corrected chi connectivity index (χ2v) is 6.66. The highest BCUT2D eigenvalue weighted by Crippen LogP contribution is 2.28. The third-order valence-corrected chi connectivity index (χ3v) is 4.20. The fraction of sp³-hybridized carbons (Fsp3) is 0.318. The number of thiocarbonyl (C=S) groups is 1. The molecule has 8 heteroatoms. The Kier molecular flexibility index (Phi) is 9.60. The van der Waals surface area contributed by atoms with Crippen LogP contribution >= 0.6 is 12.2 Å². The van der Waals surface area contributed by atoms with Crippen LogP contribution in [0.25, 0.3) is 0 Å². The van der Waals surface area contributed by atoms with E-state index in [0.29, 0.717) is 35.3 Å². The molecule has 0 bridgehead atoms. The third kappa shape index (κ3) is 7.36. The van der Waals surface area contributed by atoms with Gasteiger partial charge in [-0.2, -0.15) is 5.10 Å². The molecule has 0 saturated carbocycles. The maximum atomic E-state index is 12.5. The Bertz CT molecular complexity index is 869. The van der Waals surface area contributed by atoms with E-state index >= 15 is 0 Å². The number of carbonyl (C=O) groups excluding carboxylic acids is 1. The number of benzene rings is 2. The molecule has 2 rings (SSSR count). The van der Waals surface area contributed by atoms with Crippen molar-refractivity contribution in [3.05, 3.63) is 53.6 Å². The molecule has 0 saturated heterocycles. The summed E-state index contributed by atoms with van der Waals surface area (Å²) in [6.07, 6.45) is 3.65. The van der Waals surface area contributed by atoms with Gasteiger partial charge in [-0.25, -0.2) is 4.79 Å². The summed E-state index contributed by atoms with van der Waals surface area (Å²) >= 11 is 5.04. The van der Waals surface area contributed by atoms with E-state index in [2.05, 4.69) is 22.8 Å². The molecule has 0 aliphatic rings. The molecule has 0 spiro atoms. The fourth-order valence-electron chi connectivity index (χ4n) is 2.39. The number of esters is 1. The Labute approximate surface area is 182 Å². The molecule has 0 fully saturated rings. The van der Waals surface area contributed by atoms with Crippen LogP contribution in [0.4, 0.5) is 0 Å². The first kappa shape index (κ1) is 23.2. The predicted molar refractivity (Wildman–Crippen MR) is 122 cm³/mol. The fourth-order valence-corrected chi connectivity index (χ4v) is 2.59. The summed E-state index contributed by atoms with van der Waals surface area (Å²) in [6, 6.07) is 12.0. The first-order valence-corrected chi connectivity index (χ1v) is 10.2. The van der Waals surface area contributed by atoms with Crippen molar-refractivity contribution < 1.29 is 19.0 Å². The van der Waals surface area contributed by atoms with Crippen LogP contribution in [-0.4, -0.2) is 37.6 Å². The number of hydrogen-bond acceptors (Lipinski definition) is 6. The Morgan fingerprint density at radius 2 is 1.90 bits per heavy atom. The number of carbonyl (C=O) groups is 1. The molecule has 0 radical (unpaired) electrons. The number of hydrogen-bond donors (Lipinski definition) is 2. The smallest absolute Gasteiger partial charge is 0.343 e. The Hall–Kier alpha value is -3.13. The Morgan fingerprint density at radius 1 is 1.13 bits per heavy atom. The Balaban J connectivity index is 2.00. The number of nitrogens with zero attached hydrogens (tertiary/aromatic N) is 1. The summed E-state index contributed by atoms with van der Waals surface area (Å²) in [6.45, 7) is 5.42. The van der Waals surface area contributed by atoms with Gasteiger partial charge >= 0.3 is 5.97 Å². The van der Waals surface area contributed by atoms with Gasteiger partial charge in [0.15, 0.2) is 16.6 Å². The van der Waals surface area contributed by atoms with Crippen LogP contribution < -0.4 is 25.0 Å². The molecule has 7 nitrogen and oxygen atoms in total. The number of unbranched alkanes of at least 4 members (excludes halogenated alkanes) is 1. The van der Waals surface area contributed by atoms with E-state index < -0.39 is 5.97 Å². The zero-order valence-electron chi connectivity index (χ0n) is 17.4. The van der Waals surface area contributed by atoms with Gasteiger partial charge in [-0.1, -0.05) is 13.3 Å². The van der Waals surface area contributed by atoms with Crippen molar-refractivity contribution in [2.75, 3.05) is 20.3 Å². The monoisotopic (exact) mass is 429 g/mol. The molecule has 0 amide bonds. The SMILES string of the molecule is CCCCOc1ccc(C(=O)Oc2ccc(C=NNC(=S)NCC)cc2OC)cc1. The summed E-state index contributed by atoms with van der Waals surface area (Å²) in [5.41, 5.74) is 3.89. The van der Waals surface area contributed by atoms with E-state index in [9.17, 15) is 4.79 Å². The van der Waals surface area contributed by atoms with Crippen LogP contribution in [0.2, 0.25) is 0 Å². The highest BCUT2D eigenvalue weighted by Gasteiger charge is 2.13. The van der Waals surface area contributed by atoms with E-state index in [-0.39, 0.29) is 0 Å². The largest absolute Gasteiger partial charge is 0.494 e. The Morgan fingerprint density at radius 3 is 2.57 bits per heavy atom. The number of nitrogens with one attached hydrogen (secondary N) is 2. The molecule has 2 aromatic rings. The summed E-state index contributed by atoms with van der Waals surface area (Å²) < 4.78 is 16.4. The topological polar surface area (TPSA) is 81.2 Å². The zero-order chi connectivity index (χ0) is 21.8. The second kappa shape index (κ2) is 12.4. The number of hydrazone groups is 1. The van der Waals surface area contributed by atoms with Crippen LogP contribution in [0.15, 0.2) is 47.6 Å². The van der Waals surface area contributed by atoms with Crippen molar-refractivity contribution in [3.8, 4) is 17.2 Å². The minimum Gasteiger partial charge on any atom is -0.494 e. The third-order valence-electron chi connectivity index (χ3n) is 3.96. The normalized spacial score (nSPS) is 10.5. The minimum absolute atomic E-state index is 0.319. The van der Waals surface area contributed by atoms with Gasteiger partial charge in [-0.3, -0.25) is 5.43 Å². The van der Waals surface area contributed by atoms with Crippen LogP contribution in [0, 0.1) is 0 Å². The lowest BCUT2D eigenvalue weighted by atomic mass is 10.2. The van der Waals surface area contributed by atoms with Gasteiger partial charge in [0.2, 0.25) is 0 Å². The average molecular weight is 430 g/mol. The van der Waals surface area contributed by atoms with Crippen molar-refractivity contribution in [1.29, 1.82) is 0 Å². The molecule has 2 N–H and O–H groups in total. The van der Waals surface area contributed by atoms with Gasteiger partial charge in [0.25, 0.3) is 0 Å². The molecule has 30 heavy (non-hydrogen) atoms. The van der Waals surface area contributed by atoms with Crippen molar-refractivity contribution in [2.45, 2.75) is 26.7 Å². The van der Waals surface area contributed by atoms with Gasteiger partial charge in [0, 0.05) is 6.54 Å². The number of ether oxygens (including phenoxy) is 3. The summed E-state index contributed by atoms with van der Waals surface area (Å²) in [7, 11) is 1.51. The molecule has 2 aromatic carbocycles. The van der Waals surface area contributed by atoms with Gasteiger partial charge in [0.1, 0.15) is 5.75 Å². The van der Waals surface area contributed by atoms with E-state index in [0.717, 1.165) is 24.2 Å². The zero-order valence-corrected chi connectivity index (χ0v) is 18.3. The quantitative estimate of drug-likeness (QED) is 0.148. The molecule has 0 atom stereocenters. The highest BCUT2D eigenvalue weighted by atomic mass is 32.1. The van der Waals surface area contributed by atoms with Gasteiger partial charge in [-0.05, 0) is 73.6 Å². The molecule has 0 heterocycles. The summed E-state index contributed by atoms with van der Waals surface area (Å²) in [4.78, 5) is 12.5. The molecular weight excluding hydrogens is 402 g/mol. The molecule has 0 aromatic heterocycles. The van der Waals surface area contributed by atoms with Crippen molar-refractivity contribution in [1.82, 2.24) is 10.7 Å². The number of rotatable bonds is 10. The number of methoxy groups -OCH3 is 1. The lowest BCUT2D eigenvalue weighted by Gasteiger charge is -2.10. The summed E-state index contributed by atoms with van der Waals surface area (Å²) in [5, 5.41) is 7.43. The lowest BCUT2D eigenvalue weighted by molar-refractivity contribution is 0.0729.